The number of hydrogen-bond donors (Lipinski definition) is 2. The Morgan fingerprint density at radius 3 is 2.26 bits per heavy atom. The van der Waals surface area contributed by atoms with E-state index in [9.17, 15) is 19.5 Å². The minimum Gasteiger partial charge on any atom is -0.489 e. The van der Waals surface area contributed by atoms with E-state index in [-0.39, 0.29) is 49.4 Å². The Morgan fingerprint density at radius 1 is 0.891 bits per heavy atom. The number of nitrogens with zero attached hydrogens (tertiary/aromatic N) is 1. The van der Waals surface area contributed by atoms with Gasteiger partial charge in [0.15, 0.2) is 0 Å². The normalized spacial score (nSPS) is 21.0. The number of fused-ring (bicyclic) bond motifs is 1. The van der Waals surface area contributed by atoms with Crippen molar-refractivity contribution in [2.24, 2.45) is 11.8 Å². The zero-order chi connectivity index (χ0) is 32.1. The van der Waals surface area contributed by atoms with Gasteiger partial charge in [-0.05, 0) is 67.3 Å². The number of allylic oxidation sites excluding steroid dienone is 2. The van der Waals surface area contributed by atoms with Crippen molar-refractivity contribution in [1.29, 1.82) is 0 Å². The third-order valence-electron chi connectivity index (χ3n) is 8.76. The standard InChI is InChI=1S/C38H44N2O6/c41-25-33(23-29-17-19-35(20-18-29)45-26-30-12-5-2-6-13-30)39-36(42)24-31-14-7-8-15-32(22-28-10-3-1-4-11-28)38(44)46-27-34-16-9-21-40(34)37(31)43/h1-8,10-13,17-20,31-34,41H,9,14-16,21-27H2,(H,39,42)/t31-,32-,33+,34+/m1/s1. The number of amides is 2. The maximum absolute atomic E-state index is 13.7. The quantitative estimate of drug-likeness (QED) is 0.229. The summed E-state index contributed by atoms with van der Waals surface area (Å²) in [5.74, 6) is -0.724. The molecule has 3 aromatic carbocycles. The molecule has 0 aromatic heterocycles. The minimum absolute atomic E-state index is 0.0163. The largest absolute Gasteiger partial charge is 0.489 e. The van der Waals surface area contributed by atoms with Crippen LogP contribution in [0.15, 0.2) is 97.1 Å². The van der Waals surface area contributed by atoms with Crippen LogP contribution in [0.25, 0.3) is 0 Å². The molecule has 2 N–H and O–H groups in total. The molecule has 0 aliphatic carbocycles. The van der Waals surface area contributed by atoms with E-state index in [1.807, 2.05) is 97.1 Å². The molecule has 242 valence electrons. The molecule has 1 saturated heterocycles. The summed E-state index contributed by atoms with van der Waals surface area (Å²) in [7, 11) is 0. The summed E-state index contributed by atoms with van der Waals surface area (Å²) < 4.78 is 11.6. The summed E-state index contributed by atoms with van der Waals surface area (Å²) in [6, 6.07) is 26.8. The maximum atomic E-state index is 13.7. The molecule has 8 heteroatoms. The number of cyclic esters (lactones) is 1. The van der Waals surface area contributed by atoms with E-state index in [4.69, 9.17) is 9.47 Å². The lowest BCUT2D eigenvalue weighted by atomic mass is 9.94. The van der Waals surface area contributed by atoms with E-state index in [0.29, 0.717) is 38.8 Å². The van der Waals surface area contributed by atoms with Gasteiger partial charge in [0.05, 0.1) is 30.5 Å². The smallest absolute Gasteiger partial charge is 0.309 e. The Balaban J connectivity index is 1.18. The van der Waals surface area contributed by atoms with E-state index in [2.05, 4.69) is 5.32 Å². The van der Waals surface area contributed by atoms with Gasteiger partial charge in [0.25, 0.3) is 0 Å². The van der Waals surface area contributed by atoms with Crippen LogP contribution in [0.3, 0.4) is 0 Å². The van der Waals surface area contributed by atoms with Crippen LogP contribution in [0.5, 0.6) is 5.75 Å². The molecule has 1 fully saturated rings. The zero-order valence-corrected chi connectivity index (χ0v) is 26.3. The molecular weight excluding hydrogens is 580 g/mol. The molecule has 0 unspecified atom stereocenters. The first-order valence-electron chi connectivity index (χ1n) is 16.3. The molecule has 8 nitrogen and oxygen atoms in total. The van der Waals surface area contributed by atoms with Crippen LogP contribution in [0.4, 0.5) is 0 Å². The molecule has 0 spiro atoms. The lowest BCUT2D eigenvalue weighted by molar-refractivity contribution is -0.152. The van der Waals surface area contributed by atoms with Crippen molar-refractivity contribution in [2.75, 3.05) is 19.8 Å². The van der Waals surface area contributed by atoms with E-state index >= 15 is 0 Å². The van der Waals surface area contributed by atoms with Crippen molar-refractivity contribution in [3.05, 3.63) is 114 Å². The molecule has 3 aromatic rings. The van der Waals surface area contributed by atoms with Crippen LogP contribution >= 0.6 is 0 Å². The number of carbonyl (C=O) groups is 3. The predicted molar refractivity (Wildman–Crippen MR) is 176 cm³/mol. The van der Waals surface area contributed by atoms with E-state index in [1.165, 1.54) is 0 Å². The first-order valence-corrected chi connectivity index (χ1v) is 16.3. The molecule has 0 bridgehead atoms. The van der Waals surface area contributed by atoms with Gasteiger partial charge in [-0.3, -0.25) is 14.4 Å². The zero-order valence-electron chi connectivity index (χ0n) is 26.3. The predicted octanol–water partition coefficient (Wildman–Crippen LogP) is 5.03. The molecular formula is C38H44N2O6. The second kappa shape index (κ2) is 16.8. The van der Waals surface area contributed by atoms with Gasteiger partial charge in [-0.1, -0.05) is 84.9 Å². The highest BCUT2D eigenvalue weighted by molar-refractivity contribution is 5.86. The van der Waals surface area contributed by atoms with Gasteiger partial charge in [-0.2, -0.15) is 0 Å². The Hall–Kier alpha value is -4.43. The molecule has 0 saturated carbocycles. The molecule has 5 rings (SSSR count). The number of esters is 1. The highest BCUT2D eigenvalue weighted by atomic mass is 16.5. The third kappa shape index (κ3) is 9.54. The molecule has 2 amide bonds. The van der Waals surface area contributed by atoms with Crippen LogP contribution in [-0.4, -0.2) is 59.6 Å². The summed E-state index contributed by atoms with van der Waals surface area (Å²) in [4.78, 5) is 41.8. The van der Waals surface area contributed by atoms with Crippen LogP contribution in [-0.2, 0) is 38.6 Å². The number of hydrogen-bond acceptors (Lipinski definition) is 6. The summed E-state index contributed by atoms with van der Waals surface area (Å²) in [6.07, 6.45) is 7.38. The van der Waals surface area contributed by atoms with Crippen molar-refractivity contribution in [1.82, 2.24) is 10.2 Å². The second-order valence-electron chi connectivity index (χ2n) is 12.3. The Kier molecular flexibility index (Phi) is 12.0. The Bertz CT molecular complexity index is 1440. The fourth-order valence-electron chi connectivity index (χ4n) is 6.20. The van der Waals surface area contributed by atoms with Crippen LogP contribution in [0.2, 0.25) is 0 Å². The molecule has 46 heavy (non-hydrogen) atoms. The fourth-order valence-corrected chi connectivity index (χ4v) is 6.20. The van der Waals surface area contributed by atoms with Crippen LogP contribution in [0.1, 0.15) is 48.8 Å². The van der Waals surface area contributed by atoms with Gasteiger partial charge in [0.1, 0.15) is 19.0 Å². The highest BCUT2D eigenvalue weighted by Crippen LogP contribution is 2.26. The Morgan fingerprint density at radius 2 is 1.57 bits per heavy atom. The summed E-state index contributed by atoms with van der Waals surface area (Å²) >= 11 is 0. The number of aliphatic hydroxyl groups excluding tert-OH is 1. The molecule has 2 aliphatic heterocycles. The van der Waals surface area contributed by atoms with Gasteiger partial charge < -0.3 is 24.8 Å². The first-order chi connectivity index (χ1) is 22.5. The topological polar surface area (TPSA) is 105 Å². The third-order valence-corrected chi connectivity index (χ3v) is 8.76. The van der Waals surface area contributed by atoms with Crippen LogP contribution in [0, 0.1) is 11.8 Å². The number of benzene rings is 3. The molecule has 2 aliphatic rings. The van der Waals surface area contributed by atoms with E-state index < -0.39 is 12.0 Å². The maximum Gasteiger partial charge on any atom is 0.309 e. The molecule has 0 radical (unpaired) electrons. The minimum atomic E-state index is -0.542. The average Bonchev–Trinajstić information content (AvgIpc) is 3.56. The first kappa shape index (κ1) is 32.9. The highest BCUT2D eigenvalue weighted by Gasteiger charge is 2.35. The lowest BCUT2D eigenvalue weighted by Gasteiger charge is -2.29. The van der Waals surface area contributed by atoms with Crippen molar-refractivity contribution in [2.45, 2.75) is 63.6 Å². The fraction of sp³-hybridized carbons (Fsp3) is 0.395. The summed E-state index contributed by atoms with van der Waals surface area (Å²) in [5, 5.41) is 13.0. The average molecular weight is 625 g/mol. The van der Waals surface area contributed by atoms with Crippen molar-refractivity contribution < 1.29 is 29.0 Å². The van der Waals surface area contributed by atoms with E-state index in [0.717, 1.165) is 35.3 Å². The number of rotatable bonds is 11. The lowest BCUT2D eigenvalue weighted by Crippen LogP contribution is -2.45. The van der Waals surface area contributed by atoms with Crippen molar-refractivity contribution in [3.63, 3.8) is 0 Å². The molecule has 4 atom stereocenters. The number of aliphatic hydroxyl groups is 1. The van der Waals surface area contributed by atoms with E-state index in [1.54, 1.807) is 4.90 Å². The number of nitrogens with one attached hydrogen (secondary N) is 1. The molecule has 2 heterocycles. The summed E-state index contributed by atoms with van der Waals surface area (Å²) in [5.41, 5.74) is 3.11. The number of carbonyl (C=O) groups excluding carboxylic acids is 3. The van der Waals surface area contributed by atoms with Crippen molar-refractivity contribution in [3.8, 4) is 5.75 Å². The van der Waals surface area contributed by atoms with Gasteiger partial charge in [-0.25, -0.2) is 0 Å². The van der Waals surface area contributed by atoms with Crippen molar-refractivity contribution >= 4 is 17.8 Å². The SMILES string of the molecule is O=C(C[C@H]1CC=CC[C@H](Cc2ccccc2)C(=O)OC[C@@H]2CCCN2C1=O)N[C@H](CO)Cc1ccc(OCc2ccccc2)cc1. The second-order valence-corrected chi connectivity index (χ2v) is 12.3. The number of ether oxygens (including phenoxy) is 2. The van der Waals surface area contributed by atoms with Gasteiger partial charge in [0, 0.05) is 13.0 Å². The summed E-state index contributed by atoms with van der Waals surface area (Å²) in [6.45, 7) is 1.00. The van der Waals surface area contributed by atoms with Gasteiger partial charge >= 0.3 is 5.97 Å². The monoisotopic (exact) mass is 624 g/mol. The van der Waals surface area contributed by atoms with Gasteiger partial charge in [0.2, 0.25) is 11.8 Å². The van der Waals surface area contributed by atoms with Gasteiger partial charge in [-0.15, -0.1) is 0 Å². The Labute approximate surface area is 271 Å². The van der Waals surface area contributed by atoms with Crippen LogP contribution < -0.4 is 10.1 Å².